The maximum atomic E-state index is 12.5. The second-order valence-corrected chi connectivity index (χ2v) is 9.27. The van der Waals surface area contributed by atoms with Crippen molar-refractivity contribution in [3.63, 3.8) is 0 Å². The zero-order valence-electron chi connectivity index (χ0n) is 18.8. The van der Waals surface area contributed by atoms with Gasteiger partial charge < -0.3 is 0 Å². The number of carbonyl (C=O) groups is 1. The molecule has 0 N–H and O–H groups in total. The maximum absolute atomic E-state index is 12.5. The molecule has 0 aromatic heterocycles. The van der Waals surface area contributed by atoms with Gasteiger partial charge in [-0.05, 0) is 81.8 Å². The minimum atomic E-state index is 0.0511. The van der Waals surface area contributed by atoms with Crippen LogP contribution in [0.4, 0.5) is 0 Å². The summed E-state index contributed by atoms with van der Waals surface area (Å²) in [5.74, 6) is 0.0511. The summed E-state index contributed by atoms with van der Waals surface area (Å²) < 4.78 is 0.900. The van der Waals surface area contributed by atoms with Gasteiger partial charge in [0.1, 0.15) is 0 Å². The molecule has 5 rings (SSSR count). The van der Waals surface area contributed by atoms with Crippen molar-refractivity contribution in [3.05, 3.63) is 131 Å². The van der Waals surface area contributed by atoms with Crippen molar-refractivity contribution in [2.45, 2.75) is 6.92 Å². The first-order chi connectivity index (χ1) is 16.6. The van der Waals surface area contributed by atoms with Gasteiger partial charge in [0.15, 0.2) is 5.78 Å². The van der Waals surface area contributed by atoms with E-state index in [1.54, 1.807) is 6.92 Å². The van der Waals surface area contributed by atoms with Gasteiger partial charge in [-0.25, -0.2) is 0 Å². The van der Waals surface area contributed by atoms with E-state index < -0.39 is 0 Å². The van der Waals surface area contributed by atoms with E-state index in [4.69, 9.17) is 0 Å². The zero-order chi connectivity index (χ0) is 23.5. The topological polar surface area (TPSA) is 17.1 Å². The lowest BCUT2D eigenvalue weighted by atomic mass is 9.90. The predicted molar refractivity (Wildman–Crippen MR) is 146 cm³/mol. The van der Waals surface area contributed by atoms with Crippen molar-refractivity contribution in [2.75, 3.05) is 0 Å². The molecule has 0 saturated carbocycles. The highest BCUT2D eigenvalue weighted by atomic mass is 79.9. The van der Waals surface area contributed by atoms with Crippen LogP contribution in [-0.2, 0) is 0 Å². The van der Waals surface area contributed by atoms with Gasteiger partial charge in [0.05, 0.1) is 0 Å². The quantitative estimate of drug-likeness (QED) is 0.219. The Morgan fingerprint density at radius 1 is 0.500 bits per heavy atom. The van der Waals surface area contributed by atoms with E-state index in [-0.39, 0.29) is 5.78 Å². The molecule has 0 radical (unpaired) electrons. The van der Waals surface area contributed by atoms with Crippen LogP contribution in [0.1, 0.15) is 17.3 Å². The van der Waals surface area contributed by atoms with Crippen LogP contribution in [-0.4, -0.2) is 5.78 Å². The third kappa shape index (κ3) is 4.64. The van der Waals surface area contributed by atoms with Crippen molar-refractivity contribution < 1.29 is 4.79 Å². The number of halogens is 1. The molecule has 1 nitrogen and oxygen atoms in total. The van der Waals surface area contributed by atoms with Gasteiger partial charge in [-0.3, -0.25) is 4.79 Å². The number of Topliss-reactive ketones (excluding diaryl/α,β-unsaturated/α-hetero) is 1. The van der Waals surface area contributed by atoms with Gasteiger partial charge in [-0.15, -0.1) is 0 Å². The molecule has 5 aromatic rings. The smallest absolute Gasteiger partial charge is 0.160 e. The summed E-state index contributed by atoms with van der Waals surface area (Å²) in [5.41, 5.74) is 9.60. The molecule has 0 fully saturated rings. The van der Waals surface area contributed by atoms with Crippen LogP contribution in [0, 0.1) is 0 Å². The van der Waals surface area contributed by atoms with Gasteiger partial charge in [-0.1, -0.05) is 107 Å². The molecule has 0 heterocycles. The molecular weight excluding hydrogens is 480 g/mol. The van der Waals surface area contributed by atoms with Crippen molar-refractivity contribution in [2.24, 2.45) is 0 Å². The average molecular weight is 503 g/mol. The molecule has 0 spiro atoms. The SMILES string of the molecule is CC(=O)c1cc(Br)ccc1-c1cc(-c2ccccc2)cc(-c2ccc(-c3ccccc3)cc2)c1. The summed E-state index contributed by atoms with van der Waals surface area (Å²) in [6.07, 6.45) is 0. The fourth-order valence-electron chi connectivity index (χ4n) is 4.29. The third-order valence-electron chi connectivity index (χ3n) is 6.04. The summed E-state index contributed by atoms with van der Waals surface area (Å²) >= 11 is 3.51. The van der Waals surface area contributed by atoms with Crippen LogP contribution in [0.3, 0.4) is 0 Å². The van der Waals surface area contributed by atoms with Crippen LogP contribution >= 0.6 is 15.9 Å². The average Bonchev–Trinajstić information content (AvgIpc) is 2.89. The minimum absolute atomic E-state index is 0.0511. The van der Waals surface area contributed by atoms with Crippen molar-refractivity contribution in [3.8, 4) is 44.5 Å². The van der Waals surface area contributed by atoms with Gasteiger partial charge in [0.2, 0.25) is 0 Å². The Morgan fingerprint density at radius 2 is 0.941 bits per heavy atom. The number of rotatable bonds is 5. The summed E-state index contributed by atoms with van der Waals surface area (Å²) in [7, 11) is 0. The Bertz CT molecular complexity index is 1450. The van der Waals surface area contributed by atoms with Gasteiger partial charge in [-0.2, -0.15) is 0 Å². The first kappa shape index (κ1) is 22.1. The predicted octanol–water partition coefficient (Wildman–Crippen LogP) is 9.32. The normalized spacial score (nSPS) is 10.8. The van der Waals surface area contributed by atoms with Gasteiger partial charge >= 0.3 is 0 Å². The van der Waals surface area contributed by atoms with E-state index in [0.29, 0.717) is 5.56 Å². The Kier molecular flexibility index (Phi) is 6.24. The molecule has 0 atom stereocenters. The number of hydrogen-bond donors (Lipinski definition) is 0. The van der Waals surface area contributed by atoms with E-state index in [1.165, 1.54) is 11.1 Å². The number of carbonyl (C=O) groups excluding carboxylic acids is 1. The summed E-state index contributed by atoms with van der Waals surface area (Å²) in [4.78, 5) is 12.5. The van der Waals surface area contributed by atoms with E-state index >= 15 is 0 Å². The van der Waals surface area contributed by atoms with E-state index in [9.17, 15) is 4.79 Å². The highest BCUT2D eigenvalue weighted by Crippen LogP contribution is 2.36. The Morgan fingerprint density at radius 3 is 1.47 bits per heavy atom. The number of hydrogen-bond acceptors (Lipinski definition) is 1. The van der Waals surface area contributed by atoms with E-state index in [1.807, 2.05) is 30.3 Å². The number of benzene rings is 5. The Balaban J connectivity index is 1.66. The molecule has 0 aliphatic rings. The summed E-state index contributed by atoms with van der Waals surface area (Å²) in [6, 6.07) is 41.9. The van der Waals surface area contributed by atoms with Crippen molar-refractivity contribution >= 4 is 21.7 Å². The van der Waals surface area contributed by atoms with Crippen LogP contribution in [0.15, 0.2) is 126 Å². The van der Waals surface area contributed by atoms with Crippen LogP contribution in [0.25, 0.3) is 44.5 Å². The lowest BCUT2D eigenvalue weighted by Crippen LogP contribution is -1.97. The van der Waals surface area contributed by atoms with Gasteiger partial charge in [0.25, 0.3) is 0 Å². The molecular formula is C32H23BrO. The molecule has 0 aliphatic heterocycles. The lowest BCUT2D eigenvalue weighted by Gasteiger charge is -2.14. The molecule has 0 saturated heterocycles. The van der Waals surface area contributed by atoms with E-state index in [2.05, 4.69) is 107 Å². The molecule has 164 valence electrons. The fraction of sp³-hybridized carbons (Fsp3) is 0.0312. The first-order valence-corrected chi connectivity index (χ1v) is 12.0. The standard InChI is InChI=1S/C32H23BrO/c1-22(34)32-21-30(33)16-17-31(32)29-19-27(24-10-6-3-7-11-24)18-28(20-29)26-14-12-25(13-15-26)23-8-4-2-5-9-23/h2-21H,1H3. The van der Waals surface area contributed by atoms with Crippen LogP contribution in [0.5, 0.6) is 0 Å². The second kappa shape index (κ2) is 9.62. The molecule has 0 aliphatic carbocycles. The minimum Gasteiger partial charge on any atom is -0.294 e. The van der Waals surface area contributed by atoms with Gasteiger partial charge in [0, 0.05) is 10.0 Å². The molecule has 0 bridgehead atoms. The molecule has 2 heteroatoms. The Hall–Kier alpha value is -3.75. The lowest BCUT2D eigenvalue weighted by molar-refractivity contribution is 0.101. The fourth-order valence-corrected chi connectivity index (χ4v) is 4.65. The number of ketones is 1. The second-order valence-electron chi connectivity index (χ2n) is 8.35. The molecule has 0 unspecified atom stereocenters. The highest BCUT2D eigenvalue weighted by molar-refractivity contribution is 9.10. The maximum Gasteiger partial charge on any atom is 0.160 e. The largest absolute Gasteiger partial charge is 0.294 e. The molecule has 0 amide bonds. The van der Waals surface area contributed by atoms with Crippen LogP contribution < -0.4 is 0 Å². The van der Waals surface area contributed by atoms with E-state index in [0.717, 1.165) is 37.9 Å². The molecule has 34 heavy (non-hydrogen) atoms. The summed E-state index contributed by atoms with van der Waals surface area (Å²) in [5, 5.41) is 0. The monoisotopic (exact) mass is 502 g/mol. The van der Waals surface area contributed by atoms with Crippen LogP contribution in [0.2, 0.25) is 0 Å². The summed E-state index contributed by atoms with van der Waals surface area (Å²) in [6.45, 7) is 1.62. The van der Waals surface area contributed by atoms with Crippen molar-refractivity contribution in [1.82, 2.24) is 0 Å². The molecule has 5 aromatic carbocycles. The van der Waals surface area contributed by atoms with Crippen molar-refractivity contribution in [1.29, 1.82) is 0 Å². The highest BCUT2D eigenvalue weighted by Gasteiger charge is 2.13. The Labute approximate surface area is 208 Å². The first-order valence-electron chi connectivity index (χ1n) is 11.3. The zero-order valence-corrected chi connectivity index (χ0v) is 20.4. The third-order valence-corrected chi connectivity index (χ3v) is 6.53.